The Labute approximate surface area is 163 Å². The number of ether oxygens (including phenoxy) is 1. The fraction of sp³-hybridized carbons (Fsp3) is 0.381. The van der Waals surface area contributed by atoms with Crippen LogP contribution in [-0.4, -0.2) is 47.3 Å². The molecule has 0 aliphatic carbocycles. The molecule has 2 aliphatic heterocycles. The molecule has 7 nitrogen and oxygen atoms in total. The molecule has 0 aromatic heterocycles. The Morgan fingerprint density at radius 3 is 2.64 bits per heavy atom. The van der Waals surface area contributed by atoms with Gasteiger partial charge in [-0.15, -0.1) is 0 Å². The third-order valence-corrected chi connectivity index (χ3v) is 5.68. The van der Waals surface area contributed by atoms with E-state index < -0.39 is 6.04 Å². The summed E-state index contributed by atoms with van der Waals surface area (Å²) in [5.41, 5.74) is 8.99. The van der Waals surface area contributed by atoms with Crippen molar-refractivity contribution in [1.82, 2.24) is 15.8 Å². The number of hydrazine groups is 1. The number of rotatable bonds is 5. The van der Waals surface area contributed by atoms with E-state index >= 15 is 0 Å². The van der Waals surface area contributed by atoms with E-state index in [0.29, 0.717) is 13.2 Å². The number of carbonyl (C=O) groups is 1. The summed E-state index contributed by atoms with van der Waals surface area (Å²) in [5.74, 6) is 0.188. The molecule has 0 saturated carbocycles. The Bertz CT molecular complexity index is 888. The van der Waals surface area contributed by atoms with Crippen LogP contribution in [0, 0.1) is 12.8 Å². The Balaban J connectivity index is 1.78. The molecule has 2 saturated heterocycles. The lowest BCUT2D eigenvalue weighted by Crippen LogP contribution is -2.42. The fourth-order valence-electron chi connectivity index (χ4n) is 4.44. The minimum atomic E-state index is -0.422. The molecule has 4 unspecified atom stereocenters. The van der Waals surface area contributed by atoms with Gasteiger partial charge in [0.1, 0.15) is 17.5 Å². The Morgan fingerprint density at radius 1 is 1.11 bits per heavy atom. The summed E-state index contributed by atoms with van der Waals surface area (Å²) in [5, 5.41) is 20.5. The maximum absolute atomic E-state index is 13.1. The van der Waals surface area contributed by atoms with Crippen molar-refractivity contribution >= 4 is 5.91 Å². The summed E-state index contributed by atoms with van der Waals surface area (Å²) in [4.78, 5) is 14.9. The van der Waals surface area contributed by atoms with Crippen LogP contribution >= 0.6 is 0 Å². The molecule has 4 N–H and O–H groups in total. The van der Waals surface area contributed by atoms with E-state index in [1.165, 1.54) is 0 Å². The first-order valence-electron chi connectivity index (χ1n) is 9.40. The molecule has 2 fully saturated rings. The van der Waals surface area contributed by atoms with Crippen molar-refractivity contribution < 1.29 is 19.7 Å². The highest BCUT2D eigenvalue weighted by Gasteiger charge is 2.55. The molecule has 2 aromatic carbocycles. The number of benzene rings is 2. The van der Waals surface area contributed by atoms with Gasteiger partial charge in [0.25, 0.3) is 0 Å². The van der Waals surface area contributed by atoms with Crippen LogP contribution in [0.3, 0.4) is 0 Å². The molecule has 2 aliphatic rings. The molecule has 2 heterocycles. The zero-order chi connectivity index (χ0) is 19.8. The highest BCUT2D eigenvalue weighted by Crippen LogP contribution is 2.48. The maximum atomic E-state index is 13.1. The first kappa shape index (κ1) is 18.7. The summed E-state index contributed by atoms with van der Waals surface area (Å²) in [6.45, 7) is 2.85. The normalized spacial score (nSPS) is 26.6. The third-order valence-electron chi connectivity index (χ3n) is 5.68. The monoisotopic (exact) mass is 383 g/mol. The van der Waals surface area contributed by atoms with Gasteiger partial charge in [-0.05, 0) is 30.7 Å². The second-order valence-electron chi connectivity index (χ2n) is 7.45. The fourth-order valence-corrected chi connectivity index (χ4v) is 4.44. The Hall–Kier alpha value is -2.61. The molecular weight excluding hydrogens is 358 g/mol. The number of nitrogens with zero attached hydrogens (tertiary/aromatic N) is 1. The van der Waals surface area contributed by atoms with E-state index in [1.807, 2.05) is 25.1 Å². The molecule has 0 radical (unpaired) electrons. The number of methoxy groups -OCH3 is 1. The quantitative estimate of drug-likeness (QED) is 0.629. The van der Waals surface area contributed by atoms with Gasteiger partial charge in [-0.3, -0.25) is 4.79 Å². The molecule has 4 atom stereocenters. The van der Waals surface area contributed by atoms with E-state index in [9.17, 15) is 15.0 Å². The molecule has 7 heteroatoms. The number of nitrogens with one attached hydrogen (secondary N) is 2. The topological polar surface area (TPSA) is 94.1 Å². The highest BCUT2D eigenvalue weighted by atomic mass is 16.5. The largest absolute Gasteiger partial charge is 0.508 e. The Kier molecular flexibility index (Phi) is 4.97. The van der Waals surface area contributed by atoms with E-state index in [1.54, 1.807) is 36.3 Å². The van der Waals surface area contributed by atoms with Crippen LogP contribution < -0.4 is 10.9 Å². The molecule has 0 bridgehead atoms. The van der Waals surface area contributed by atoms with Crippen molar-refractivity contribution in [2.75, 3.05) is 20.3 Å². The zero-order valence-corrected chi connectivity index (χ0v) is 15.9. The number of fused-ring (bicyclic) bond motifs is 1. The second kappa shape index (κ2) is 7.43. The van der Waals surface area contributed by atoms with Crippen LogP contribution in [0.2, 0.25) is 0 Å². The molecule has 4 rings (SSSR count). The molecular formula is C21H25N3O4. The van der Waals surface area contributed by atoms with Crippen LogP contribution in [0.4, 0.5) is 0 Å². The summed E-state index contributed by atoms with van der Waals surface area (Å²) in [7, 11) is 1.61. The smallest absolute Gasteiger partial charge is 0.242 e. The van der Waals surface area contributed by atoms with Gasteiger partial charge in [-0.2, -0.15) is 0 Å². The van der Waals surface area contributed by atoms with Gasteiger partial charge in [0.05, 0.1) is 18.7 Å². The lowest BCUT2D eigenvalue weighted by atomic mass is 9.83. The molecule has 0 spiro atoms. The van der Waals surface area contributed by atoms with Crippen LogP contribution in [0.15, 0.2) is 42.5 Å². The summed E-state index contributed by atoms with van der Waals surface area (Å²) in [6.07, 6.45) is 0. The van der Waals surface area contributed by atoms with Crippen molar-refractivity contribution in [3.8, 4) is 11.5 Å². The number of hydrogen-bond donors (Lipinski definition) is 4. The number of aryl methyl sites for hydroxylation is 1. The van der Waals surface area contributed by atoms with E-state index in [0.717, 1.165) is 16.7 Å². The number of likely N-dealkylation sites (tertiary alicyclic amines) is 1. The van der Waals surface area contributed by atoms with Gasteiger partial charge < -0.3 is 19.8 Å². The van der Waals surface area contributed by atoms with Gasteiger partial charge in [0.15, 0.2) is 0 Å². The van der Waals surface area contributed by atoms with Crippen LogP contribution in [0.25, 0.3) is 0 Å². The predicted octanol–water partition coefficient (Wildman–Crippen LogP) is 1.77. The minimum Gasteiger partial charge on any atom is -0.508 e. The van der Waals surface area contributed by atoms with Gasteiger partial charge in [-0.25, -0.2) is 10.9 Å². The van der Waals surface area contributed by atoms with Crippen LogP contribution in [0.5, 0.6) is 11.5 Å². The lowest BCUT2D eigenvalue weighted by molar-refractivity contribution is -0.131. The number of carbonyl (C=O) groups excluding carboxylic acids is 1. The lowest BCUT2D eigenvalue weighted by Gasteiger charge is -2.31. The van der Waals surface area contributed by atoms with Crippen molar-refractivity contribution in [2.24, 2.45) is 5.92 Å². The van der Waals surface area contributed by atoms with Gasteiger partial charge in [0, 0.05) is 25.1 Å². The van der Waals surface area contributed by atoms with Crippen LogP contribution in [-0.2, 0) is 9.53 Å². The van der Waals surface area contributed by atoms with Crippen LogP contribution in [0.1, 0.15) is 28.8 Å². The average Bonchev–Trinajstić information content (AvgIpc) is 3.21. The highest BCUT2D eigenvalue weighted by molar-refractivity contribution is 5.86. The first-order chi connectivity index (χ1) is 13.5. The summed E-state index contributed by atoms with van der Waals surface area (Å²) >= 11 is 0. The van der Waals surface area contributed by atoms with E-state index in [4.69, 9.17) is 4.74 Å². The Morgan fingerprint density at radius 2 is 1.89 bits per heavy atom. The maximum Gasteiger partial charge on any atom is 0.242 e. The molecule has 2 aromatic rings. The standard InChI is InChI=1S/C21H25N3O4/c1-12-6-7-16(26)15(10-12)18-17-19(23-22-18)21(27)24(8-9-28-2)20(17)13-4-3-5-14(25)11-13/h3-7,10-11,17-20,22-23,25-26H,8-9H2,1-2H3. The number of hydrogen-bond acceptors (Lipinski definition) is 6. The minimum absolute atomic E-state index is 0.0162. The van der Waals surface area contributed by atoms with E-state index in [2.05, 4.69) is 10.9 Å². The predicted molar refractivity (Wildman–Crippen MR) is 104 cm³/mol. The number of aromatic hydroxyl groups is 2. The molecule has 1 amide bonds. The average molecular weight is 383 g/mol. The first-order valence-corrected chi connectivity index (χ1v) is 9.40. The number of phenolic OH excluding ortho intramolecular Hbond substituents is 2. The number of phenols is 2. The van der Waals surface area contributed by atoms with Crippen molar-refractivity contribution in [3.05, 3.63) is 59.2 Å². The zero-order valence-electron chi connectivity index (χ0n) is 15.9. The van der Waals surface area contributed by atoms with E-state index in [-0.39, 0.29) is 35.4 Å². The molecule has 148 valence electrons. The van der Waals surface area contributed by atoms with Gasteiger partial charge in [-0.1, -0.05) is 29.8 Å². The van der Waals surface area contributed by atoms with Gasteiger partial charge in [0.2, 0.25) is 5.91 Å². The molecule has 28 heavy (non-hydrogen) atoms. The second-order valence-corrected chi connectivity index (χ2v) is 7.45. The van der Waals surface area contributed by atoms with Crippen molar-refractivity contribution in [1.29, 1.82) is 0 Å². The third kappa shape index (κ3) is 3.11. The van der Waals surface area contributed by atoms with Crippen molar-refractivity contribution in [3.63, 3.8) is 0 Å². The summed E-state index contributed by atoms with van der Waals surface area (Å²) < 4.78 is 5.21. The number of amides is 1. The summed E-state index contributed by atoms with van der Waals surface area (Å²) in [6, 6.07) is 11.6. The SMILES string of the molecule is COCCN1C(=O)C2NNC(c3cc(C)ccc3O)C2C1c1cccc(O)c1. The van der Waals surface area contributed by atoms with Crippen molar-refractivity contribution in [2.45, 2.75) is 25.0 Å². The van der Waals surface area contributed by atoms with Gasteiger partial charge >= 0.3 is 0 Å².